The van der Waals surface area contributed by atoms with Crippen LogP contribution in [0.25, 0.3) is 0 Å². The van der Waals surface area contributed by atoms with Crippen molar-refractivity contribution in [3.63, 3.8) is 0 Å². The maximum absolute atomic E-state index is 13.8. The number of carbonyl (C=O) groups excluding carboxylic acids is 2. The summed E-state index contributed by atoms with van der Waals surface area (Å²) in [6.07, 6.45) is 6.81. The normalized spacial score (nSPS) is 14.3. The fourth-order valence-corrected chi connectivity index (χ4v) is 5.11. The number of nitrogens with one attached hydrogen (secondary N) is 1. The van der Waals surface area contributed by atoms with E-state index in [9.17, 15) is 9.59 Å². The molecule has 1 atom stereocenters. The van der Waals surface area contributed by atoms with E-state index in [1.807, 2.05) is 84.9 Å². The lowest BCUT2D eigenvalue weighted by Crippen LogP contribution is -2.52. The van der Waals surface area contributed by atoms with Crippen LogP contribution in [0.1, 0.15) is 56.1 Å². The zero-order valence-corrected chi connectivity index (χ0v) is 22.9. The third-order valence-corrected chi connectivity index (χ3v) is 7.28. The summed E-state index contributed by atoms with van der Waals surface area (Å²) >= 11 is 0. The second-order valence-electron chi connectivity index (χ2n) is 10.2. The number of nitrogens with zero attached hydrogens (tertiary/aromatic N) is 1. The van der Waals surface area contributed by atoms with Gasteiger partial charge in [0, 0.05) is 25.4 Å². The van der Waals surface area contributed by atoms with Gasteiger partial charge in [-0.1, -0.05) is 79.9 Å². The molecule has 1 fully saturated rings. The summed E-state index contributed by atoms with van der Waals surface area (Å²) in [4.78, 5) is 29.3. The van der Waals surface area contributed by atoms with E-state index in [0.29, 0.717) is 32.4 Å². The van der Waals surface area contributed by atoms with Gasteiger partial charge >= 0.3 is 0 Å². The van der Waals surface area contributed by atoms with Gasteiger partial charge in [-0.15, -0.1) is 0 Å². The van der Waals surface area contributed by atoms with E-state index in [0.717, 1.165) is 48.3 Å². The number of rotatable bonds is 13. The summed E-state index contributed by atoms with van der Waals surface area (Å²) in [7, 11) is 1.63. The Hall–Kier alpha value is -3.80. The third kappa shape index (κ3) is 8.88. The molecule has 0 radical (unpaired) electrons. The van der Waals surface area contributed by atoms with Crippen molar-refractivity contribution in [2.75, 3.05) is 13.7 Å². The predicted octanol–water partition coefficient (Wildman–Crippen LogP) is 5.94. The van der Waals surface area contributed by atoms with Gasteiger partial charge in [-0.05, 0) is 54.7 Å². The molecule has 1 aliphatic rings. The molecule has 0 unspecified atom stereocenters. The van der Waals surface area contributed by atoms with Crippen LogP contribution in [-0.2, 0) is 22.6 Å². The highest BCUT2D eigenvalue weighted by Crippen LogP contribution is 2.21. The minimum absolute atomic E-state index is 0.0445. The van der Waals surface area contributed by atoms with Gasteiger partial charge in [0.2, 0.25) is 11.8 Å². The lowest BCUT2D eigenvalue weighted by atomic mass is 9.94. The van der Waals surface area contributed by atoms with Crippen molar-refractivity contribution in [3.05, 3.63) is 96.1 Å². The molecule has 0 aromatic heterocycles. The quantitative estimate of drug-likeness (QED) is 0.279. The Balaban J connectivity index is 1.48. The fraction of sp³-hybridized carbons (Fsp3) is 0.394. The van der Waals surface area contributed by atoms with Gasteiger partial charge in [0.1, 0.15) is 17.5 Å². The van der Waals surface area contributed by atoms with E-state index in [1.54, 1.807) is 12.0 Å². The second-order valence-corrected chi connectivity index (χ2v) is 10.2. The first-order valence-electron chi connectivity index (χ1n) is 14.1. The van der Waals surface area contributed by atoms with Crippen molar-refractivity contribution < 1.29 is 19.1 Å². The molecule has 0 aliphatic heterocycles. The highest BCUT2D eigenvalue weighted by Gasteiger charge is 2.31. The van der Waals surface area contributed by atoms with Crippen LogP contribution in [0.5, 0.6) is 11.5 Å². The molecule has 2 amide bonds. The van der Waals surface area contributed by atoms with Gasteiger partial charge < -0.3 is 19.7 Å². The molecule has 6 nitrogen and oxygen atoms in total. The lowest BCUT2D eigenvalue weighted by molar-refractivity contribution is -0.141. The monoisotopic (exact) mass is 528 g/mol. The summed E-state index contributed by atoms with van der Waals surface area (Å²) in [5.41, 5.74) is 2.04. The van der Waals surface area contributed by atoms with Crippen molar-refractivity contribution in [1.82, 2.24) is 10.2 Å². The van der Waals surface area contributed by atoms with E-state index in [1.165, 1.54) is 6.42 Å². The molecule has 1 aliphatic carbocycles. The fourth-order valence-electron chi connectivity index (χ4n) is 5.11. The van der Waals surface area contributed by atoms with E-state index >= 15 is 0 Å². The molecule has 4 rings (SSSR count). The van der Waals surface area contributed by atoms with Crippen molar-refractivity contribution >= 4 is 11.8 Å². The Morgan fingerprint density at radius 2 is 1.46 bits per heavy atom. The Bertz CT molecular complexity index is 1150. The number of ether oxygens (including phenoxy) is 2. The second kappa shape index (κ2) is 15.0. The van der Waals surface area contributed by atoms with Gasteiger partial charge in [0.25, 0.3) is 0 Å². The van der Waals surface area contributed by atoms with Gasteiger partial charge in [-0.25, -0.2) is 0 Å². The van der Waals surface area contributed by atoms with Crippen LogP contribution in [-0.4, -0.2) is 42.5 Å². The van der Waals surface area contributed by atoms with Gasteiger partial charge in [-0.2, -0.15) is 0 Å². The van der Waals surface area contributed by atoms with Crippen molar-refractivity contribution in [3.8, 4) is 11.5 Å². The number of benzene rings is 3. The molecule has 3 aromatic rings. The zero-order chi connectivity index (χ0) is 27.3. The van der Waals surface area contributed by atoms with E-state index in [4.69, 9.17) is 9.47 Å². The lowest BCUT2D eigenvalue weighted by Gasteiger charge is -2.33. The first kappa shape index (κ1) is 28.2. The van der Waals surface area contributed by atoms with Gasteiger partial charge in [-0.3, -0.25) is 9.59 Å². The van der Waals surface area contributed by atoms with Crippen LogP contribution in [0.3, 0.4) is 0 Å². The average molecular weight is 529 g/mol. The van der Waals surface area contributed by atoms with Crippen molar-refractivity contribution in [2.24, 2.45) is 0 Å². The maximum atomic E-state index is 13.8. The number of hydrogen-bond acceptors (Lipinski definition) is 4. The van der Waals surface area contributed by atoms with E-state index in [-0.39, 0.29) is 17.9 Å². The Kier molecular flexibility index (Phi) is 10.8. The van der Waals surface area contributed by atoms with E-state index < -0.39 is 6.04 Å². The number of amides is 2. The zero-order valence-electron chi connectivity index (χ0n) is 22.9. The van der Waals surface area contributed by atoms with Gasteiger partial charge in [0.05, 0.1) is 13.7 Å². The average Bonchev–Trinajstić information content (AvgIpc) is 2.99. The van der Waals surface area contributed by atoms with Crippen LogP contribution in [0, 0.1) is 0 Å². The molecule has 6 heteroatoms. The summed E-state index contributed by atoms with van der Waals surface area (Å²) in [6.45, 7) is 0.795. The molecule has 0 heterocycles. The first-order valence-corrected chi connectivity index (χ1v) is 14.1. The van der Waals surface area contributed by atoms with Crippen LogP contribution >= 0.6 is 0 Å². The van der Waals surface area contributed by atoms with Crippen LogP contribution in [0.15, 0.2) is 84.9 Å². The maximum Gasteiger partial charge on any atom is 0.243 e. The summed E-state index contributed by atoms with van der Waals surface area (Å²) in [5.74, 6) is 1.39. The molecule has 0 saturated heterocycles. The molecular weight excluding hydrogens is 488 g/mol. The predicted molar refractivity (Wildman–Crippen MR) is 154 cm³/mol. The minimum Gasteiger partial charge on any atom is -0.497 e. The minimum atomic E-state index is -0.593. The highest BCUT2D eigenvalue weighted by atomic mass is 16.5. The molecule has 1 N–H and O–H groups in total. The molecule has 3 aromatic carbocycles. The van der Waals surface area contributed by atoms with Crippen molar-refractivity contribution in [1.29, 1.82) is 0 Å². The van der Waals surface area contributed by atoms with E-state index in [2.05, 4.69) is 5.32 Å². The Morgan fingerprint density at radius 3 is 2.10 bits per heavy atom. The van der Waals surface area contributed by atoms with Crippen LogP contribution in [0.4, 0.5) is 0 Å². The molecule has 0 spiro atoms. The van der Waals surface area contributed by atoms with Crippen LogP contribution < -0.4 is 14.8 Å². The number of hydrogen-bond donors (Lipinski definition) is 1. The Morgan fingerprint density at radius 1 is 0.846 bits per heavy atom. The molecule has 39 heavy (non-hydrogen) atoms. The summed E-state index contributed by atoms with van der Waals surface area (Å²) in [6, 6.07) is 26.9. The molecule has 206 valence electrons. The van der Waals surface area contributed by atoms with Crippen molar-refractivity contribution in [2.45, 2.75) is 70.0 Å². The Labute approximate surface area is 232 Å². The van der Waals surface area contributed by atoms with Gasteiger partial charge in [0.15, 0.2) is 0 Å². The SMILES string of the molecule is COc1ccc(OCCCC(=O)N(Cc2ccccc2)[C@H](Cc2ccccc2)C(=O)NC2CCCCC2)cc1. The first-order chi connectivity index (χ1) is 19.1. The number of carbonyl (C=O) groups is 2. The molecular formula is C33H40N2O4. The summed E-state index contributed by atoms with van der Waals surface area (Å²) < 4.78 is 11.0. The molecule has 1 saturated carbocycles. The number of methoxy groups -OCH3 is 1. The topological polar surface area (TPSA) is 67.9 Å². The largest absolute Gasteiger partial charge is 0.497 e. The standard InChI is InChI=1S/C33H40N2O4/c1-38-29-19-21-30(22-20-29)39-23-11-18-32(36)35(25-27-14-7-3-8-15-27)31(24-26-12-5-2-6-13-26)33(37)34-28-16-9-4-10-17-28/h2-3,5-8,12-15,19-22,28,31H,4,9-11,16-18,23-25H2,1H3,(H,34,37)/t31-/m1/s1. The third-order valence-electron chi connectivity index (χ3n) is 7.28. The summed E-state index contributed by atoms with van der Waals surface area (Å²) in [5, 5.41) is 3.29. The molecule has 0 bridgehead atoms. The smallest absolute Gasteiger partial charge is 0.243 e. The van der Waals surface area contributed by atoms with Crippen LogP contribution in [0.2, 0.25) is 0 Å². The highest BCUT2D eigenvalue weighted by molar-refractivity contribution is 5.88.